The van der Waals surface area contributed by atoms with Crippen LogP contribution in [0.25, 0.3) is 10.1 Å². The number of thiophene rings is 1. The standard InChI is InChI=1S/C25H37N3O3S/c1-19(2)18-30-22-7-6-8-23-21(22)17-24(32-23)31-25(29)26-20-9-13-28(14-10-20)16-15-27-11-4-3-5-12-27/h6-8,17,19-20H,3-5,9-16,18H2,1-2H3,(H,26,29). The number of carbonyl (C=O) groups excluding carboxylic acids is 1. The first-order valence-electron chi connectivity index (χ1n) is 12.2. The summed E-state index contributed by atoms with van der Waals surface area (Å²) < 4.78 is 12.6. The van der Waals surface area contributed by atoms with Gasteiger partial charge in [-0.15, -0.1) is 0 Å². The summed E-state index contributed by atoms with van der Waals surface area (Å²) in [5.74, 6) is 1.31. The molecule has 2 aliphatic heterocycles. The van der Waals surface area contributed by atoms with E-state index in [0.29, 0.717) is 17.6 Å². The minimum absolute atomic E-state index is 0.188. The van der Waals surface area contributed by atoms with Crippen LogP contribution in [0.3, 0.4) is 0 Å². The smallest absolute Gasteiger partial charge is 0.413 e. The molecule has 4 rings (SSSR count). The highest BCUT2D eigenvalue weighted by Gasteiger charge is 2.22. The molecule has 0 atom stereocenters. The third-order valence-electron chi connectivity index (χ3n) is 6.36. The van der Waals surface area contributed by atoms with Crippen molar-refractivity contribution in [2.45, 2.75) is 52.0 Å². The lowest BCUT2D eigenvalue weighted by molar-refractivity contribution is 0.148. The monoisotopic (exact) mass is 459 g/mol. The number of hydrogen-bond donors (Lipinski definition) is 1. The number of likely N-dealkylation sites (tertiary alicyclic amines) is 2. The van der Waals surface area contributed by atoms with Crippen LogP contribution in [-0.2, 0) is 0 Å². The lowest BCUT2D eigenvalue weighted by atomic mass is 10.1. The van der Waals surface area contributed by atoms with Crippen LogP contribution in [-0.4, -0.2) is 67.8 Å². The van der Waals surface area contributed by atoms with Gasteiger partial charge >= 0.3 is 6.09 Å². The zero-order chi connectivity index (χ0) is 22.3. The van der Waals surface area contributed by atoms with Crippen molar-refractivity contribution in [3.8, 4) is 10.8 Å². The number of nitrogens with one attached hydrogen (secondary N) is 1. The zero-order valence-corrected chi connectivity index (χ0v) is 20.3. The fourth-order valence-corrected chi connectivity index (χ4v) is 5.42. The molecule has 2 aliphatic rings. The van der Waals surface area contributed by atoms with Crippen LogP contribution in [0.5, 0.6) is 10.8 Å². The number of fused-ring (bicyclic) bond motifs is 1. The molecular weight excluding hydrogens is 422 g/mol. The molecule has 0 spiro atoms. The summed E-state index contributed by atoms with van der Waals surface area (Å²) in [5, 5.41) is 4.68. The third-order valence-corrected chi connectivity index (χ3v) is 7.33. The van der Waals surface area contributed by atoms with E-state index in [1.165, 1.54) is 50.2 Å². The van der Waals surface area contributed by atoms with Crippen LogP contribution in [0.15, 0.2) is 24.3 Å². The Morgan fingerprint density at radius 1 is 1.09 bits per heavy atom. The number of hydrogen-bond acceptors (Lipinski definition) is 6. The van der Waals surface area contributed by atoms with E-state index in [2.05, 4.69) is 29.0 Å². The lowest BCUT2D eigenvalue weighted by Crippen LogP contribution is -2.47. The average Bonchev–Trinajstić information content (AvgIpc) is 3.20. The molecule has 2 fully saturated rings. The van der Waals surface area contributed by atoms with Gasteiger partial charge in [-0.2, -0.15) is 0 Å². The van der Waals surface area contributed by atoms with E-state index in [1.54, 1.807) is 0 Å². The molecule has 2 aromatic rings. The number of ether oxygens (including phenoxy) is 2. The topological polar surface area (TPSA) is 54.0 Å². The molecule has 0 aliphatic carbocycles. The van der Waals surface area contributed by atoms with Gasteiger partial charge in [-0.25, -0.2) is 4.79 Å². The van der Waals surface area contributed by atoms with E-state index in [0.717, 1.165) is 48.3 Å². The molecule has 0 radical (unpaired) electrons. The van der Waals surface area contributed by atoms with Crippen molar-refractivity contribution in [2.24, 2.45) is 5.92 Å². The van der Waals surface area contributed by atoms with Crippen molar-refractivity contribution in [2.75, 3.05) is 45.9 Å². The summed E-state index contributed by atoms with van der Waals surface area (Å²) in [7, 11) is 0. The molecule has 3 heterocycles. The molecule has 1 N–H and O–H groups in total. The summed E-state index contributed by atoms with van der Waals surface area (Å²) in [4.78, 5) is 17.6. The van der Waals surface area contributed by atoms with Gasteiger partial charge in [0, 0.05) is 48.4 Å². The first kappa shape index (κ1) is 23.3. The van der Waals surface area contributed by atoms with E-state index in [9.17, 15) is 4.79 Å². The Labute approximate surface area is 195 Å². The van der Waals surface area contributed by atoms with E-state index in [-0.39, 0.29) is 12.1 Å². The number of amides is 1. The fraction of sp³-hybridized carbons (Fsp3) is 0.640. The second-order valence-corrected chi connectivity index (χ2v) is 10.5. The van der Waals surface area contributed by atoms with Crippen LogP contribution in [0.2, 0.25) is 0 Å². The first-order chi connectivity index (χ1) is 15.6. The number of carbonyl (C=O) groups is 1. The highest BCUT2D eigenvalue weighted by molar-refractivity contribution is 7.20. The van der Waals surface area contributed by atoms with Crippen molar-refractivity contribution in [1.29, 1.82) is 0 Å². The second kappa shape index (κ2) is 11.3. The summed E-state index contributed by atoms with van der Waals surface area (Å²) in [6.45, 7) is 11.8. The van der Waals surface area contributed by atoms with E-state index >= 15 is 0 Å². The van der Waals surface area contributed by atoms with Gasteiger partial charge in [-0.05, 0) is 56.8 Å². The maximum absolute atomic E-state index is 12.5. The van der Waals surface area contributed by atoms with Gasteiger partial charge in [0.1, 0.15) is 5.75 Å². The molecule has 1 aromatic heterocycles. The van der Waals surface area contributed by atoms with Gasteiger partial charge < -0.3 is 24.6 Å². The number of piperidine rings is 2. The van der Waals surface area contributed by atoms with Crippen molar-refractivity contribution >= 4 is 27.5 Å². The molecule has 1 aromatic carbocycles. The van der Waals surface area contributed by atoms with E-state index < -0.39 is 0 Å². The Hall–Kier alpha value is -1.83. The highest BCUT2D eigenvalue weighted by Crippen LogP contribution is 2.37. The number of rotatable bonds is 8. The first-order valence-corrected chi connectivity index (χ1v) is 13.0. The third kappa shape index (κ3) is 6.59. The maximum atomic E-state index is 12.5. The molecule has 6 nitrogen and oxygen atoms in total. The molecule has 2 saturated heterocycles. The normalized spacial score (nSPS) is 18.8. The molecule has 1 amide bonds. The van der Waals surface area contributed by atoms with Crippen LogP contribution in [0, 0.1) is 5.92 Å². The van der Waals surface area contributed by atoms with Gasteiger partial charge in [-0.3, -0.25) is 0 Å². The minimum Gasteiger partial charge on any atom is -0.493 e. The number of benzene rings is 1. The Morgan fingerprint density at radius 2 is 1.81 bits per heavy atom. The summed E-state index contributed by atoms with van der Waals surface area (Å²) >= 11 is 1.48. The molecule has 0 bridgehead atoms. The highest BCUT2D eigenvalue weighted by atomic mass is 32.1. The van der Waals surface area contributed by atoms with E-state index in [1.807, 2.05) is 24.3 Å². The van der Waals surface area contributed by atoms with Crippen molar-refractivity contribution in [1.82, 2.24) is 15.1 Å². The second-order valence-electron chi connectivity index (χ2n) is 9.49. The molecular formula is C25H37N3O3S. The lowest BCUT2D eigenvalue weighted by Gasteiger charge is -2.34. The van der Waals surface area contributed by atoms with Crippen molar-refractivity contribution in [3.63, 3.8) is 0 Å². The van der Waals surface area contributed by atoms with Gasteiger partial charge in [-0.1, -0.05) is 37.7 Å². The summed E-state index contributed by atoms with van der Waals surface area (Å²) in [5.41, 5.74) is 0. The SMILES string of the molecule is CC(C)COc1cccc2sc(OC(=O)NC3CCN(CCN4CCCCC4)CC3)cc12. The Morgan fingerprint density at radius 3 is 2.53 bits per heavy atom. The Bertz CT molecular complexity index is 870. The zero-order valence-electron chi connectivity index (χ0n) is 19.5. The van der Waals surface area contributed by atoms with Crippen LogP contribution < -0.4 is 14.8 Å². The molecule has 32 heavy (non-hydrogen) atoms. The Kier molecular flexibility index (Phi) is 8.27. The number of nitrogens with zero attached hydrogens (tertiary/aromatic N) is 2. The largest absolute Gasteiger partial charge is 0.493 e. The minimum atomic E-state index is -0.354. The molecule has 7 heteroatoms. The fourth-order valence-electron chi connectivity index (χ4n) is 4.50. The molecule has 0 saturated carbocycles. The maximum Gasteiger partial charge on any atom is 0.413 e. The van der Waals surface area contributed by atoms with E-state index in [4.69, 9.17) is 9.47 Å². The molecule has 0 unspecified atom stereocenters. The van der Waals surface area contributed by atoms with Crippen molar-refractivity contribution in [3.05, 3.63) is 24.3 Å². The Balaban J connectivity index is 1.22. The quantitative estimate of drug-likeness (QED) is 0.604. The summed E-state index contributed by atoms with van der Waals surface area (Å²) in [6.07, 6.45) is 5.69. The van der Waals surface area contributed by atoms with Crippen LogP contribution in [0.4, 0.5) is 4.79 Å². The van der Waals surface area contributed by atoms with Gasteiger partial charge in [0.05, 0.1) is 6.61 Å². The van der Waals surface area contributed by atoms with Crippen LogP contribution in [0.1, 0.15) is 46.0 Å². The molecule has 176 valence electrons. The predicted molar refractivity (Wildman–Crippen MR) is 131 cm³/mol. The summed E-state index contributed by atoms with van der Waals surface area (Å²) in [6, 6.07) is 8.09. The average molecular weight is 460 g/mol. The predicted octanol–water partition coefficient (Wildman–Crippen LogP) is 4.97. The van der Waals surface area contributed by atoms with Gasteiger partial charge in [0.25, 0.3) is 0 Å². The van der Waals surface area contributed by atoms with Crippen LogP contribution >= 0.6 is 11.3 Å². The van der Waals surface area contributed by atoms with Crippen molar-refractivity contribution < 1.29 is 14.3 Å². The van der Waals surface area contributed by atoms with Gasteiger partial charge in [0.15, 0.2) is 5.06 Å². The van der Waals surface area contributed by atoms with Gasteiger partial charge in [0.2, 0.25) is 0 Å².